The van der Waals surface area contributed by atoms with E-state index in [1.807, 2.05) is 0 Å². The summed E-state index contributed by atoms with van der Waals surface area (Å²) >= 11 is 6.06. The molecule has 1 saturated heterocycles. The van der Waals surface area contributed by atoms with Crippen LogP contribution in [0.1, 0.15) is 18.2 Å². The Morgan fingerprint density at radius 1 is 1.30 bits per heavy atom. The molecule has 154 valence electrons. The molecule has 0 spiro atoms. The second-order valence-corrected chi connectivity index (χ2v) is 7.97. The standard InChI is InChI=1S/C20H13F3N2O3S2/c1-2-27-15-4-3-10(6-14(15)20(21,22)23)13-9-24-8-11-5-12(28-17(11)13)7-16-18(26)25-19(29)30-16/h3-9H,2H2,1H3,(H,25,26,29)/b16-7+. The number of nitrogens with zero attached hydrogens (tertiary/aromatic N) is 1. The fraction of sp³-hybridized carbons (Fsp3) is 0.150. The number of carbonyl (C=O) groups excluding carboxylic acids is 1. The van der Waals surface area contributed by atoms with Gasteiger partial charge in [0.1, 0.15) is 21.4 Å². The zero-order chi connectivity index (χ0) is 21.5. The molecule has 1 amide bonds. The Hall–Kier alpha value is -2.85. The van der Waals surface area contributed by atoms with Crippen molar-refractivity contribution >= 4 is 51.3 Å². The van der Waals surface area contributed by atoms with Crippen molar-refractivity contribution in [3.05, 3.63) is 52.9 Å². The number of pyridine rings is 1. The van der Waals surface area contributed by atoms with Gasteiger partial charge in [-0.1, -0.05) is 30.0 Å². The number of ether oxygens (including phenoxy) is 1. The number of alkyl halides is 3. The molecule has 3 heterocycles. The normalized spacial score (nSPS) is 15.8. The predicted molar refractivity (Wildman–Crippen MR) is 112 cm³/mol. The van der Waals surface area contributed by atoms with Crippen molar-refractivity contribution < 1.29 is 27.1 Å². The molecule has 1 aliphatic rings. The summed E-state index contributed by atoms with van der Waals surface area (Å²) in [4.78, 5) is 16.3. The molecule has 0 atom stereocenters. The summed E-state index contributed by atoms with van der Waals surface area (Å²) in [6.07, 6.45) is -0.0741. The maximum absolute atomic E-state index is 13.5. The van der Waals surface area contributed by atoms with Crippen molar-refractivity contribution in [3.8, 4) is 16.9 Å². The van der Waals surface area contributed by atoms with Crippen LogP contribution in [0, 0.1) is 0 Å². The van der Waals surface area contributed by atoms with E-state index in [4.69, 9.17) is 21.4 Å². The zero-order valence-corrected chi connectivity index (χ0v) is 17.0. The molecule has 4 rings (SSSR count). The van der Waals surface area contributed by atoms with E-state index in [1.54, 1.807) is 13.0 Å². The predicted octanol–water partition coefficient (Wildman–Crippen LogP) is 5.40. The van der Waals surface area contributed by atoms with Crippen molar-refractivity contribution in [2.45, 2.75) is 13.1 Å². The van der Waals surface area contributed by atoms with E-state index in [2.05, 4.69) is 10.3 Å². The number of hydrogen-bond acceptors (Lipinski definition) is 6. The first-order valence-electron chi connectivity index (χ1n) is 8.73. The summed E-state index contributed by atoms with van der Waals surface area (Å²) in [7, 11) is 0. The number of hydrogen-bond donors (Lipinski definition) is 1. The molecule has 5 nitrogen and oxygen atoms in total. The number of nitrogens with one attached hydrogen (secondary N) is 1. The third-order valence-corrected chi connectivity index (χ3v) is 5.42. The summed E-state index contributed by atoms with van der Waals surface area (Å²) in [5.41, 5.74) is 0.164. The van der Waals surface area contributed by atoms with Gasteiger partial charge >= 0.3 is 6.18 Å². The quantitative estimate of drug-likeness (QED) is 0.424. The number of fused-ring (bicyclic) bond motifs is 1. The summed E-state index contributed by atoms with van der Waals surface area (Å²) in [6, 6.07) is 5.48. The van der Waals surface area contributed by atoms with E-state index in [1.165, 1.54) is 30.6 Å². The summed E-state index contributed by atoms with van der Waals surface area (Å²) in [5.74, 6) is -0.201. The lowest BCUT2D eigenvalue weighted by atomic mass is 10.0. The van der Waals surface area contributed by atoms with E-state index < -0.39 is 11.7 Å². The molecule has 0 aliphatic carbocycles. The van der Waals surface area contributed by atoms with Gasteiger partial charge in [-0.05, 0) is 30.7 Å². The smallest absolute Gasteiger partial charge is 0.419 e. The average molecular weight is 450 g/mol. The minimum absolute atomic E-state index is 0.116. The van der Waals surface area contributed by atoms with Crippen molar-refractivity contribution in [1.29, 1.82) is 0 Å². The number of furan rings is 1. The first kappa shape index (κ1) is 20.4. The van der Waals surface area contributed by atoms with Crippen LogP contribution in [0.3, 0.4) is 0 Å². The van der Waals surface area contributed by atoms with Gasteiger partial charge in [0, 0.05) is 29.4 Å². The molecule has 1 fully saturated rings. The SMILES string of the molecule is CCOc1ccc(-c2cncc3cc(/C=C4/SC(=S)NC4=O)oc23)cc1C(F)(F)F. The van der Waals surface area contributed by atoms with E-state index in [9.17, 15) is 18.0 Å². The first-order valence-corrected chi connectivity index (χ1v) is 9.95. The molecule has 0 bridgehead atoms. The Morgan fingerprint density at radius 3 is 2.77 bits per heavy atom. The first-order chi connectivity index (χ1) is 14.3. The van der Waals surface area contributed by atoms with Gasteiger partial charge in [0.05, 0.1) is 17.1 Å². The number of benzene rings is 1. The Bertz CT molecular complexity index is 1200. The molecule has 0 saturated carbocycles. The van der Waals surface area contributed by atoms with Gasteiger partial charge in [0.2, 0.25) is 0 Å². The Morgan fingerprint density at radius 2 is 2.10 bits per heavy atom. The molecule has 1 aromatic carbocycles. The van der Waals surface area contributed by atoms with Crippen molar-refractivity contribution in [2.24, 2.45) is 0 Å². The van der Waals surface area contributed by atoms with Gasteiger partial charge in [0.15, 0.2) is 0 Å². The van der Waals surface area contributed by atoms with E-state index >= 15 is 0 Å². The molecular weight excluding hydrogens is 437 g/mol. The lowest BCUT2D eigenvalue weighted by Gasteiger charge is -2.14. The third-order valence-electron chi connectivity index (χ3n) is 4.25. The number of carbonyl (C=O) groups is 1. The highest BCUT2D eigenvalue weighted by molar-refractivity contribution is 8.26. The van der Waals surface area contributed by atoms with Crippen molar-refractivity contribution in [1.82, 2.24) is 10.3 Å². The van der Waals surface area contributed by atoms with Crippen LogP contribution in [-0.2, 0) is 11.0 Å². The minimum Gasteiger partial charge on any atom is -0.493 e. The fourth-order valence-corrected chi connectivity index (χ4v) is 4.03. The van der Waals surface area contributed by atoms with Gasteiger partial charge in [0.25, 0.3) is 5.91 Å². The maximum atomic E-state index is 13.5. The van der Waals surface area contributed by atoms with E-state index in [0.29, 0.717) is 31.5 Å². The number of thiocarbonyl (C=S) groups is 1. The number of aromatic nitrogens is 1. The van der Waals surface area contributed by atoms with Crippen LogP contribution >= 0.6 is 24.0 Å². The maximum Gasteiger partial charge on any atom is 0.419 e. The lowest BCUT2D eigenvalue weighted by Crippen LogP contribution is -2.17. The van der Waals surface area contributed by atoms with Crippen LogP contribution < -0.4 is 10.1 Å². The molecule has 0 unspecified atom stereocenters. The second kappa shape index (κ2) is 7.77. The van der Waals surface area contributed by atoms with E-state index in [-0.39, 0.29) is 23.8 Å². The topological polar surface area (TPSA) is 64.4 Å². The van der Waals surface area contributed by atoms with Crippen LogP contribution in [0.15, 0.2) is 46.0 Å². The second-order valence-electron chi connectivity index (χ2n) is 6.25. The van der Waals surface area contributed by atoms with Gasteiger partial charge in [-0.15, -0.1) is 0 Å². The number of rotatable bonds is 4. The Kier molecular flexibility index (Phi) is 5.29. The monoisotopic (exact) mass is 450 g/mol. The van der Waals surface area contributed by atoms with Crippen LogP contribution in [0.5, 0.6) is 5.75 Å². The third kappa shape index (κ3) is 3.92. The van der Waals surface area contributed by atoms with Gasteiger partial charge < -0.3 is 14.5 Å². The van der Waals surface area contributed by atoms with Crippen LogP contribution in [0.25, 0.3) is 28.2 Å². The van der Waals surface area contributed by atoms with Crippen LogP contribution in [-0.4, -0.2) is 21.8 Å². The zero-order valence-electron chi connectivity index (χ0n) is 15.4. The number of amides is 1. The number of halogens is 3. The summed E-state index contributed by atoms with van der Waals surface area (Å²) < 4.78 is 51.8. The molecule has 1 aliphatic heterocycles. The van der Waals surface area contributed by atoms with E-state index in [0.717, 1.165) is 17.8 Å². The molecule has 10 heteroatoms. The van der Waals surface area contributed by atoms with Crippen molar-refractivity contribution in [3.63, 3.8) is 0 Å². The summed E-state index contributed by atoms with van der Waals surface area (Å²) in [5, 5.41) is 3.10. The highest BCUT2D eigenvalue weighted by Gasteiger charge is 2.35. The molecule has 30 heavy (non-hydrogen) atoms. The Labute approximate surface area is 178 Å². The highest BCUT2D eigenvalue weighted by atomic mass is 32.2. The Balaban J connectivity index is 1.80. The minimum atomic E-state index is -4.58. The van der Waals surface area contributed by atoms with Crippen LogP contribution in [0.2, 0.25) is 0 Å². The molecule has 0 radical (unpaired) electrons. The molecule has 1 N–H and O–H groups in total. The van der Waals surface area contributed by atoms with Gasteiger partial charge in [-0.2, -0.15) is 13.2 Å². The van der Waals surface area contributed by atoms with Gasteiger partial charge in [-0.3, -0.25) is 9.78 Å². The van der Waals surface area contributed by atoms with Gasteiger partial charge in [-0.25, -0.2) is 0 Å². The van der Waals surface area contributed by atoms with Crippen molar-refractivity contribution in [2.75, 3.05) is 6.61 Å². The number of thioether (sulfide) groups is 1. The molecule has 3 aromatic rings. The molecule has 2 aromatic heterocycles. The average Bonchev–Trinajstić information content (AvgIpc) is 3.23. The highest BCUT2D eigenvalue weighted by Crippen LogP contribution is 2.40. The molecular formula is C20H13F3N2O3S2. The van der Waals surface area contributed by atoms with Crippen LogP contribution in [0.4, 0.5) is 13.2 Å². The largest absolute Gasteiger partial charge is 0.493 e. The fourth-order valence-electron chi connectivity index (χ4n) is 3.01. The summed E-state index contributed by atoms with van der Waals surface area (Å²) in [6.45, 7) is 1.73. The lowest BCUT2D eigenvalue weighted by molar-refractivity contribution is -0.138.